The van der Waals surface area contributed by atoms with Gasteiger partial charge in [0.15, 0.2) is 6.10 Å². The number of carbonyl (C=O) groups excluding carboxylic acids is 2. The lowest BCUT2D eigenvalue weighted by atomic mass is 10.1. The van der Waals surface area contributed by atoms with Crippen molar-refractivity contribution in [3.8, 4) is 0 Å². The highest BCUT2D eigenvalue weighted by Gasteiger charge is 2.33. The van der Waals surface area contributed by atoms with E-state index < -0.39 is 12.1 Å². The summed E-state index contributed by atoms with van der Waals surface area (Å²) < 4.78 is 10.8. The number of aromatic nitrogens is 1. The first-order valence-electron chi connectivity index (χ1n) is 8.42. The van der Waals surface area contributed by atoms with Crippen LogP contribution in [0.25, 0.3) is 10.9 Å². The Morgan fingerprint density at radius 2 is 1.92 bits per heavy atom. The van der Waals surface area contributed by atoms with Gasteiger partial charge >= 0.3 is 5.97 Å². The summed E-state index contributed by atoms with van der Waals surface area (Å²) >= 11 is 12.3. The number of rotatable bonds is 4. The fourth-order valence-electron chi connectivity index (χ4n) is 2.88. The van der Waals surface area contributed by atoms with Crippen LogP contribution in [0.3, 0.4) is 0 Å². The van der Waals surface area contributed by atoms with Crippen LogP contribution >= 0.6 is 23.2 Å². The second-order valence-electron chi connectivity index (χ2n) is 6.51. The third-order valence-corrected chi connectivity index (χ3v) is 4.93. The maximum atomic E-state index is 12.7. The maximum absolute atomic E-state index is 12.7. The second kappa shape index (κ2) is 7.86. The molecule has 1 saturated heterocycles. The first kappa shape index (κ1) is 19.0. The molecule has 0 aliphatic carbocycles. The summed E-state index contributed by atoms with van der Waals surface area (Å²) in [7, 11) is 0. The normalized spacial score (nSPS) is 16.1. The van der Waals surface area contributed by atoms with Gasteiger partial charge in [0.2, 0.25) is 0 Å². The van der Waals surface area contributed by atoms with Gasteiger partial charge in [0.1, 0.15) is 5.69 Å². The summed E-state index contributed by atoms with van der Waals surface area (Å²) in [5, 5.41) is 1.38. The molecule has 6 nitrogen and oxygen atoms in total. The number of halogens is 2. The number of nitrogens with one attached hydrogen (secondary N) is 1. The summed E-state index contributed by atoms with van der Waals surface area (Å²) in [5.41, 5.74) is 0.788. The Hall–Kier alpha value is -1.76. The summed E-state index contributed by atoms with van der Waals surface area (Å²) in [5.74, 6) is -1.05. The average molecular weight is 399 g/mol. The van der Waals surface area contributed by atoms with Gasteiger partial charge in [0.25, 0.3) is 5.91 Å². The number of carbonyl (C=O) groups is 2. The zero-order chi connectivity index (χ0) is 18.8. The third kappa shape index (κ3) is 3.82. The Morgan fingerprint density at radius 3 is 2.58 bits per heavy atom. The smallest absolute Gasteiger partial charge is 0.357 e. The molecule has 1 unspecified atom stereocenters. The molecule has 8 heteroatoms. The zero-order valence-electron chi connectivity index (χ0n) is 14.6. The van der Waals surface area contributed by atoms with Crippen molar-refractivity contribution in [3.05, 3.63) is 33.9 Å². The Morgan fingerprint density at radius 1 is 1.23 bits per heavy atom. The SMILES string of the molecule is CC(C)C(OC(=O)c1[nH]c2ccc(Cl)cc2c1Cl)C(=O)N1CCOCC1. The van der Waals surface area contributed by atoms with Crippen LogP contribution in [0.15, 0.2) is 18.2 Å². The molecule has 1 aromatic heterocycles. The topological polar surface area (TPSA) is 71.6 Å². The Kier molecular flexibility index (Phi) is 5.75. The predicted molar refractivity (Wildman–Crippen MR) is 99.8 cm³/mol. The van der Waals surface area contributed by atoms with Crippen molar-refractivity contribution in [2.24, 2.45) is 5.92 Å². The van der Waals surface area contributed by atoms with Gasteiger partial charge in [-0.2, -0.15) is 0 Å². The molecule has 0 radical (unpaired) electrons. The van der Waals surface area contributed by atoms with Crippen LogP contribution in [0.5, 0.6) is 0 Å². The van der Waals surface area contributed by atoms with Crippen molar-refractivity contribution in [3.63, 3.8) is 0 Å². The number of benzene rings is 1. The Bertz CT molecular complexity index is 828. The highest BCUT2D eigenvalue weighted by Crippen LogP contribution is 2.30. The number of nitrogens with zero attached hydrogens (tertiary/aromatic N) is 1. The van der Waals surface area contributed by atoms with Crippen LogP contribution in [0, 0.1) is 5.92 Å². The molecular formula is C18H20Cl2N2O4. The number of ether oxygens (including phenoxy) is 2. The molecule has 0 spiro atoms. The first-order valence-corrected chi connectivity index (χ1v) is 9.18. The molecule has 2 heterocycles. The largest absolute Gasteiger partial charge is 0.447 e. The minimum atomic E-state index is -0.883. The van der Waals surface area contributed by atoms with E-state index >= 15 is 0 Å². The van der Waals surface area contributed by atoms with Gasteiger partial charge in [0, 0.05) is 29.0 Å². The van der Waals surface area contributed by atoms with Crippen LogP contribution < -0.4 is 0 Å². The first-order chi connectivity index (χ1) is 12.4. The van der Waals surface area contributed by atoms with E-state index in [0.717, 1.165) is 0 Å². The van der Waals surface area contributed by atoms with Crippen LogP contribution in [-0.4, -0.2) is 54.2 Å². The van der Waals surface area contributed by atoms with Crippen molar-refractivity contribution < 1.29 is 19.1 Å². The molecule has 26 heavy (non-hydrogen) atoms. The van der Waals surface area contributed by atoms with Crippen LogP contribution in [0.2, 0.25) is 10.0 Å². The summed E-state index contributed by atoms with van der Waals surface area (Å²) in [4.78, 5) is 30.0. The van der Waals surface area contributed by atoms with E-state index in [4.69, 9.17) is 32.7 Å². The van der Waals surface area contributed by atoms with E-state index in [1.54, 1.807) is 23.1 Å². The van der Waals surface area contributed by atoms with Crippen molar-refractivity contribution in [1.29, 1.82) is 0 Å². The van der Waals surface area contributed by atoms with E-state index in [2.05, 4.69) is 4.98 Å². The summed E-state index contributed by atoms with van der Waals surface area (Å²) in [6.45, 7) is 5.63. The molecule has 1 amide bonds. The fourth-order valence-corrected chi connectivity index (χ4v) is 3.33. The molecule has 1 N–H and O–H groups in total. The molecular weight excluding hydrogens is 379 g/mol. The van der Waals surface area contributed by atoms with Crippen molar-refractivity contribution in [2.45, 2.75) is 20.0 Å². The lowest BCUT2D eigenvalue weighted by molar-refractivity contribution is -0.147. The van der Waals surface area contributed by atoms with Crippen molar-refractivity contribution in [2.75, 3.05) is 26.3 Å². The number of amides is 1. The number of fused-ring (bicyclic) bond motifs is 1. The summed E-state index contributed by atoms with van der Waals surface area (Å²) in [6, 6.07) is 5.11. The molecule has 1 aliphatic heterocycles. The lowest BCUT2D eigenvalue weighted by Crippen LogP contribution is -2.48. The summed E-state index contributed by atoms with van der Waals surface area (Å²) in [6.07, 6.45) is -0.883. The Balaban J connectivity index is 1.82. The van der Waals surface area contributed by atoms with Gasteiger partial charge in [0.05, 0.1) is 18.2 Å². The number of morpholine rings is 1. The van der Waals surface area contributed by atoms with E-state index in [1.165, 1.54) is 0 Å². The molecule has 1 atom stereocenters. The number of esters is 1. The van der Waals surface area contributed by atoms with Gasteiger partial charge < -0.3 is 19.4 Å². The number of hydrogen-bond donors (Lipinski definition) is 1. The number of hydrogen-bond acceptors (Lipinski definition) is 4. The van der Waals surface area contributed by atoms with Crippen molar-refractivity contribution in [1.82, 2.24) is 9.88 Å². The maximum Gasteiger partial charge on any atom is 0.357 e. The van der Waals surface area contributed by atoms with E-state index in [9.17, 15) is 9.59 Å². The Labute approximate surface area is 161 Å². The van der Waals surface area contributed by atoms with Crippen LogP contribution in [-0.2, 0) is 14.3 Å². The van der Waals surface area contributed by atoms with Gasteiger partial charge in [-0.05, 0) is 24.1 Å². The molecule has 0 bridgehead atoms. The molecule has 3 rings (SSSR count). The average Bonchev–Trinajstić information content (AvgIpc) is 2.96. The molecule has 0 saturated carbocycles. The molecule has 1 aliphatic rings. The number of aromatic amines is 1. The van der Waals surface area contributed by atoms with Crippen molar-refractivity contribution >= 4 is 46.0 Å². The molecule has 2 aromatic rings. The fraction of sp³-hybridized carbons (Fsp3) is 0.444. The van der Waals surface area contributed by atoms with Crippen LogP contribution in [0.4, 0.5) is 0 Å². The van der Waals surface area contributed by atoms with E-state index in [0.29, 0.717) is 42.2 Å². The van der Waals surface area contributed by atoms with Gasteiger partial charge in [-0.3, -0.25) is 4.79 Å². The van der Waals surface area contributed by atoms with Crippen LogP contribution in [0.1, 0.15) is 24.3 Å². The quantitative estimate of drug-likeness (QED) is 0.799. The van der Waals surface area contributed by atoms with Gasteiger partial charge in [-0.25, -0.2) is 4.79 Å². The molecule has 1 aromatic carbocycles. The third-order valence-electron chi connectivity index (χ3n) is 4.31. The molecule has 140 valence electrons. The zero-order valence-corrected chi connectivity index (χ0v) is 16.1. The molecule has 1 fully saturated rings. The number of H-pyrrole nitrogens is 1. The minimum Gasteiger partial charge on any atom is -0.447 e. The lowest BCUT2D eigenvalue weighted by Gasteiger charge is -2.31. The second-order valence-corrected chi connectivity index (χ2v) is 7.33. The highest BCUT2D eigenvalue weighted by molar-refractivity contribution is 6.39. The van der Waals surface area contributed by atoms with Gasteiger partial charge in [-0.15, -0.1) is 0 Å². The minimum absolute atomic E-state index is 0.115. The van der Waals surface area contributed by atoms with Gasteiger partial charge in [-0.1, -0.05) is 37.0 Å². The predicted octanol–water partition coefficient (Wildman–Crippen LogP) is 3.51. The highest BCUT2D eigenvalue weighted by atomic mass is 35.5. The standard InChI is InChI=1S/C18H20Cl2N2O4/c1-10(2)16(17(23)22-5-7-25-8-6-22)26-18(24)15-14(20)12-9-11(19)3-4-13(12)21-15/h3-4,9-10,16,21H,5-8H2,1-2H3. The van der Waals surface area contributed by atoms with E-state index in [-0.39, 0.29) is 22.5 Å². The van der Waals surface area contributed by atoms with E-state index in [1.807, 2.05) is 13.8 Å². The monoisotopic (exact) mass is 398 g/mol.